The Kier molecular flexibility index (Phi) is 9.25. The van der Waals surface area contributed by atoms with Gasteiger partial charge in [0.15, 0.2) is 0 Å². The summed E-state index contributed by atoms with van der Waals surface area (Å²) in [5, 5.41) is 13.8. The molecule has 3 rings (SSSR count). The standard InChI is InChI=1S/C25H33N3O6S/c1-3-28(4-2)16-14-24(29)26-15-8-7-10-21(25(30)31)27-35(32,33)18-12-13-23-20(17-18)19-9-5-6-11-22(19)34-23/h5-6,9,11-13,17,21,27H,3-4,7-8,10,14-16H2,1-2H3,(H,26,29)(H,30,31). The summed E-state index contributed by atoms with van der Waals surface area (Å²) in [6, 6.07) is 10.5. The lowest BCUT2D eigenvalue weighted by molar-refractivity contribution is -0.139. The highest BCUT2D eigenvalue weighted by Crippen LogP contribution is 2.30. The molecule has 0 saturated heterocycles. The zero-order valence-corrected chi connectivity index (χ0v) is 20.9. The van der Waals surface area contributed by atoms with Crippen LogP contribution in [0.1, 0.15) is 39.5 Å². The normalized spacial score (nSPS) is 12.9. The van der Waals surface area contributed by atoms with Crippen LogP contribution in [0, 0.1) is 0 Å². The zero-order valence-electron chi connectivity index (χ0n) is 20.1. The molecule has 9 nitrogen and oxygen atoms in total. The molecule has 1 unspecified atom stereocenters. The van der Waals surface area contributed by atoms with Gasteiger partial charge < -0.3 is 19.7 Å². The minimum absolute atomic E-state index is 0.0248. The zero-order chi connectivity index (χ0) is 25.4. The van der Waals surface area contributed by atoms with E-state index in [-0.39, 0.29) is 17.2 Å². The van der Waals surface area contributed by atoms with E-state index in [9.17, 15) is 23.1 Å². The third-order valence-electron chi connectivity index (χ3n) is 6.05. The van der Waals surface area contributed by atoms with Crippen LogP contribution in [0.25, 0.3) is 21.9 Å². The molecule has 1 amide bonds. The second-order valence-electron chi connectivity index (χ2n) is 8.39. The number of para-hydroxylation sites is 1. The van der Waals surface area contributed by atoms with Crippen LogP contribution in [0.3, 0.4) is 0 Å². The van der Waals surface area contributed by atoms with Gasteiger partial charge in [-0.3, -0.25) is 9.59 Å². The molecule has 0 aliphatic rings. The number of furan rings is 1. The topological polar surface area (TPSA) is 129 Å². The molecule has 35 heavy (non-hydrogen) atoms. The lowest BCUT2D eigenvalue weighted by atomic mass is 10.1. The highest BCUT2D eigenvalue weighted by atomic mass is 32.2. The number of amides is 1. The van der Waals surface area contributed by atoms with Crippen LogP contribution in [-0.4, -0.2) is 62.5 Å². The second-order valence-corrected chi connectivity index (χ2v) is 10.1. The molecule has 3 aromatic rings. The van der Waals surface area contributed by atoms with Gasteiger partial charge in [-0.2, -0.15) is 4.72 Å². The summed E-state index contributed by atoms with van der Waals surface area (Å²) in [6.45, 7) is 6.99. The van der Waals surface area contributed by atoms with E-state index >= 15 is 0 Å². The van der Waals surface area contributed by atoms with Crippen molar-refractivity contribution in [1.82, 2.24) is 14.9 Å². The number of carboxylic acids is 1. The molecule has 1 aromatic heterocycles. The van der Waals surface area contributed by atoms with Crippen molar-refractivity contribution >= 4 is 43.8 Å². The number of unbranched alkanes of at least 4 members (excludes halogenated alkanes) is 1. The smallest absolute Gasteiger partial charge is 0.321 e. The molecule has 0 spiro atoms. The van der Waals surface area contributed by atoms with Gasteiger partial charge in [0.2, 0.25) is 15.9 Å². The molecule has 2 aromatic carbocycles. The minimum atomic E-state index is -4.07. The molecule has 0 aliphatic heterocycles. The molecule has 0 fully saturated rings. The van der Waals surface area contributed by atoms with Crippen LogP contribution in [0.5, 0.6) is 0 Å². The molecule has 1 atom stereocenters. The Labute approximate surface area is 205 Å². The Morgan fingerprint density at radius 1 is 1.03 bits per heavy atom. The fourth-order valence-electron chi connectivity index (χ4n) is 3.95. The van der Waals surface area contributed by atoms with E-state index in [4.69, 9.17) is 4.42 Å². The third kappa shape index (κ3) is 7.03. The monoisotopic (exact) mass is 503 g/mol. The summed E-state index contributed by atoms with van der Waals surface area (Å²) >= 11 is 0. The third-order valence-corrected chi connectivity index (χ3v) is 7.51. The SMILES string of the molecule is CCN(CC)CCC(=O)NCCCCC(NS(=O)(=O)c1ccc2oc3ccccc3c2c1)C(=O)O. The number of fused-ring (bicyclic) bond motifs is 3. The highest BCUT2D eigenvalue weighted by molar-refractivity contribution is 7.89. The average Bonchev–Trinajstić information content (AvgIpc) is 3.21. The Morgan fingerprint density at radius 3 is 2.46 bits per heavy atom. The number of nitrogens with one attached hydrogen (secondary N) is 2. The largest absolute Gasteiger partial charge is 0.480 e. The van der Waals surface area contributed by atoms with E-state index in [1.165, 1.54) is 12.1 Å². The van der Waals surface area contributed by atoms with Gasteiger partial charge in [0.25, 0.3) is 0 Å². The number of rotatable bonds is 14. The maximum atomic E-state index is 12.9. The lowest BCUT2D eigenvalue weighted by Gasteiger charge is -2.17. The summed E-state index contributed by atoms with van der Waals surface area (Å²) in [7, 11) is -4.07. The Morgan fingerprint density at radius 2 is 1.74 bits per heavy atom. The number of carboxylic acid groups (broad SMARTS) is 1. The van der Waals surface area contributed by atoms with E-state index in [1.807, 2.05) is 32.0 Å². The van der Waals surface area contributed by atoms with Crippen LogP contribution in [0.4, 0.5) is 0 Å². The van der Waals surface area contributed by atoms with Crippen molar-refractivity contribution < 1.29 is 27.5 Å². The number of nitrogens with zero attached hydrogens (tertiary/aromatic N) is 1. The molecule has 0 bridgehead atoms. The van der Waals surface area contributed by atoms with Gasteiger partial charge in [-0.25, -0.2) is 8.42 Å². The van der Waals surface area contributed by atoms with Crippen molar-refractivity contribution in [2.45, 2.75) is 50.5 Å². The molecular formula is C25H33N3O6S. The first-order valence-corrected chi connectivity index (χ1v) is 13.4. The fourth-order valence-corrected chi connectivity index (χ4v) is 5.20. The lowest BCUT2D eigenvalue weighted by Crippen LogP contribution is -2.40. The van der Waals surface area contributed by atoms with Crippen molar-refractivity contribution in [3.63, 3.8) is 0 Å². The molecule has 190 valence electrons. The highest BCUT2D eigenvalue weighted by Gasteiger charge is 2.25. The first-order valence-electron chi connectivity index (χ1n) is 11.9. The van der Waals surface area contributed by atoms with Gasteiger partial charge >= 0.3 is 5.97 Å². The predicted molar refractivity (Wildman–Crippen MR) is 135 cm³/mol. The maximum Gasteiger partial charge on any atom is 0.321 e. The number of carbonyl (C=O) groups is 2. The molecule has 0 radical (unpaired) electrons. The van der Waals surface area contributed by atoms with Crippen molar-refractivity contribution in [2.75, 3.05) is 26.2 Å². The number of aliphatic carboxylic acids is 1. The number of benzene rings is 2. The Hall–Kier alpha value is -2.95. The summed E-state index contributed by atoms with van der Waals surface area (Å²) in [4.78, 5) is 25.8. The summed E-state index contributed by atoms with van der Waals surface area (Å²) < 4.78 is 33.9. The fraction of sp³-hybridized carbons (Fsp3) is 0.440. The van der Waals surface area contributed by atoms with Gasteiger partial charge in [0.05, 0.1) is 4.90 Å². The van der Waals surface area contributed by atoms with E-state index in [0.29, 0.717) is 48.9 Å². The Balaban J connectivity index is 1.54. The first-order chi connectivity index (χ1) is 16.7. The van der Waals surface area contributed by atoms with Gasteiger partial charge in [-0.15, -0.1) is 0 Å². The molecule has 0 aliphatic carbocycles. The molecule has 3 N–H and O–H groups in total. The van der Waals surface area contributed by atoms with Crippen molar-refractivity contribution in [3.05, 3.63) is 42.5 Å². The number of hydrogen-bond donors (Lipinski definition) is 3. The Bertz CT molecular complexity index is 1270. The van der Waals surface area contributed by atoms with Gasteiger partial charge in [0.1, 0.15) is 17.2 Å². The van der Waals surface area contributed by atoms with Crippen molar-refractivity contribution in [1.29, 1.82) is 0 Å². The van der Waals surface area contributed by atoms with Crippen molar-refractivity contribution in [3.8, 4) is 0 Å². The van der Waals surface area contributed by atoms with Crippen LogP contribution < -0.4 is 10.0 Å². The summed E-state index contributed by atoms with van der Waals surface area (Å²) in [5.41, 5.74) is 1.20. The van der Waals surface area contributed by atoms with E-state index in [2.05, 4.69) is 14.9 Å². The summed E-state index contributed by atoms with van der Waals surface area (Å²) in [6.07, 6.45) is 1.52. The van der Waals surface area contributed by atoms with Crippen LogP contribution in [0.2, 0.25) is 0 Å². The van der Waals surface area contributed by atoms with Gasteiger partial charge in [0, 0.05) is 30.3 Å². The van der Waals surface area contributed by atoms with E-state index in [1.54, 1.807) is 12.1 Å². The molecule has 1 heterocycles. The minimum Gasteiger partial charge on any atom is -0.480 e. The second kappa shape index (κ2) is 12.1. The van der Waals surface area contributed by atoms with Crippen LogP contribution in [0.15, 0.2) is 51.8 Å². The molecular weight excluding hydrogens is 470 g/mol. The number of hydrogen-bond acceptors (Lipinski definition) is 6. The maximum absolute atomic E-state index is 12.9. The van der Waals surface area contributed by atoms with Gasteiger partial charge in [-0.1, -0.05) is 32.0 Å². The van der Waals surface area contributed by atoms with Gasteiger partial charge in [-0.05, 0) is 56.6 Å². The van der Waals surface area contributed by atoms with E-state index < -0.39 is 22.0 Å². The predicted octanol–water partition coefficient (Wildman–Crippen LogP) is 3.34. The quantitative estimate of drug-likeness (QED) is 0.288. The van der Waals surface area contributed by atoms with Crippen LogP contribution >= 0.6 is 0 Å². The van der Waals surface area contributed by atoms with Crippen LogP contribution in [-0.2, 0) is 19.6 Å². The molecule has 0 saturated carbocycles. The van der Waals surface area contributed by atoms with E-state index in [0.717, 1.165) is 18.5 Å². The first kappa shape index (κ1) is 26.7. The molecule has 10 heteroatoms. The van der Waals surface area contributed by atoms with Crippen molar-refractivity contribution in [2.24, 2.45) is 0 Å². The average molecular weight is 504 g/mol. The number of sulfonamides is 1. The number of carbonyl (C=O) groups excluding carboxylic acids is 1. The summed E-state index contributed by atoms with van der Waals surface area (Å²) in [5.74, 6) is -1.29.